The molecule has 1 aliphatic rings. The molecule has 2 aromatic carbocycles. The summed E-state index contributed by atoms with van der Waals surface area (Å²) in [7, 11) is 0. The first-order valence-electron chi connectivity index (χ1n) is 8.75. The highest BCUT2D eigenvalue weighted by atomic mass is 32.2. The molecule has 3 rings (SSSR count). The van der Waals surface area contributed by atoms with E-state index in [1.54, 1.807) is 0 Å². The largest absolute Gasteiger partial charge is 0.296 e. The van der Waals surface area contributed by atoms with Gasteiger partial charge in [0.05, 0.1) is 0 Å². The molecule has 0 atom stereocenters. The predicted octanol–water partition coefficient (Wildman–Crippen LogP) is 5.96. The Labute approximate surface area is 155 Å². The molecule has 0 spiro atoms. The molecular formula is C23H25NS. The molecule has 128 valence electrons. The average Bonchev–Trinajstić information content (AvgIpc) is 2.62. The molecule has 0 N–H and O–H groups in total. The fraction of sp³-hybridized carbons (Fsp3) is 0.217. The number of rotatable bonds is 7. The molecule has 25 heavy (non-hydrogen) atoms. The minimum Gasteiger partial charge on any atom is -0.296 e. The number of aryl methyl sites for hydroxylation is 1. The van der Waals surface area contributed by atoms with Crippen LogP contribution in [0.25, 0.3) is 5.57 Å². The van der Waals surface area contributed by atoms with Crippen molar-refractivity contribution in [3.8, 4) is 0 Å². The fourth-order valence-electron chi connectivity index (χ4n) is 3.22. The third-order valence-corrected chi connectivity index (χ3v) is 5.54. The number of hydrogen-bond acceptors (Lipinski definition) is 2. The normalized spacial score (nSPS) is 14.2. The van der Waals surface area contributed by atoms with Crippen LogP contribution in [-0.2, 0) is 0 Å². The van der Waals surface area contributed by atoms with E-state index in [0.717, 1.165) is 26.1 Å². The molecule has 1 nitrogen and oxygen atoms in total. The Bertz CT molecular complexity index is 793. The third-order valence-electron chi connectivity index (χ3n) is 4.39. The lowest BCUT2D eigenvalue weighted by Crippen LogP contribution is -2.24. The summed E-state index contributed by atoms with van der Waals surface area (Å²) >= 11 is 1.87. The lowest BCUT2D eigenvalue weighted by atomic mass is 9.95. The van der Waals surface area contributed by atoms with E-state index in [9.17, 15) is 0 Å². The second-order valence-corrected chi connectivity index (χ2v) is 7.43. The Kier molecular flexibility index (Phi) is 5.95. The van der Waals surface area contributed by atoms with Crippen molar-refractivity contribution in [2.24, 2.45) is 0 Å². The SMILES string of the molecule is C=CCN(CC=C)CCC=C1c2ccccc2Sc2ccc(C)cc21. The number of fused-ring (bicyclic) bond motifs is 2. The average molecular weight is 348 g/mol. The molecule has 1 aliphatic heterocycles. The first-order valence-corrected chi connectivity index (χ1v) is 9.57. The first kappa shape index (κ1) is 17.8. The zero-order valence-corrected chi connectivity index (χ0v) is 15.7. The van der Waals surface area contributed by atoms with Gasteiger partial charge in [-0.3, -0.25) is 4.90 Å². The second-order valence-electron chi connectivity index (χ2n) is 6.34. The van der Waals surface area contributed by atoms with E-state index in [0.29, 0.717) is 0 Å². The molecule has 2 aromatic rings. The molecule has 0 saturated carbocycles. The van der Waals surface area contributed by atoms with Crippen LogP contribution in [0, 0.1) is 6.92 Å². The summed E-state index contributed by atoms with van der Waals surface area (Å²) in [6.45, 7) is 12.7. The molecule has 0 radical (unpaired) electrons. The molecule has 1 heterocycles. The van der Waals surface area contributed by atoms with Gasteiger partial charge in [-0.25, -0.2) is 0 Å². The molecule has 0 aliphatic carbocycles. The van der Waals surface area contributed by atoms with Crippen LogP contribution in [0.3, 0.4) is 0 Å². The van der Waals surface area contributed by atoms with Gasteiger partial charge in [0.15, 0.2) is 0 Å². The summed E-state index contributed by atoms with van der Waals surface area (Å²) in [6, 6.07) is 15.5. The summed E-state index contributed by atoms with van der Waals surface area (Å²) in [6.07, 6.45) is 7.34. The van der Waals surface area contributed by atoms with Crippen LogP contribution in [0.5, 0.6) is 0 Å². The van der Waals surface area contributed by atoms with Crippen LogP contribution in [0.4, 0.5) is 0 Å². The summed E-state index contributed by atoms with van der Waals surface area (Å²) < 4.78 is 0. The minimum atomic E-state index is 0.900. The van der Waals surface area contributed by atoms with E-state index < -0.39 is 0 Å². The predicted molar refractivity (Wildman–Crippen MR) is 110 cm³/mol. The Balaban J connectivity index is 1.90. The van der Waals surface area contributed by atoms with Crippen LogP contribution < -0.4 is 0 Å². The van der Waals surface area contributed by atoms with Crippen molar-refractivity contribution in [2.75, 3.05) is 19.6 Å². The summed E-state index contributed by atoms with van der Waals surface area (Å²) in [5, 5.41) is 0. The van der Waals surface area contributed by atoms with Crippen LogP contribution >= 0.6 is 11.8 Å². The molecule has 0 unspecified atom stereocenters. The minimum absolute atomic E-state index is 0.900. The monoisotopic (exact) mass is 347 g/mol. The molecule has 0 fully saturated rings. The first-order chi connectivity index (χ1) is 12.2. The number of benzene rings is 2. The maximum Gasteiger partial charge on any atom is 0.0201 e. The van der Waals surface area contributed by atoms with Gasteiger partial charge in [0.1, 0.15) is 0 Å². The van der Waals surface area contributed by atoms with Crippen molar-refractivity contribution in [1.29, 1.82) is 0 Å². The number of nitrogens with zero attached hydrogens (tertiary/aromatic N) is 1. The maximum absolute atomic E-state index is 3.86. The Morgan fingerprint density at radius 1 is 0.960 bits per heavy atom. The van der Waals surface area contributed by atoms with Gasteiger partial charge in [0.25, 0.3) is 0 Å². The smallest absolute Gasteiger partial charge is 0.0201 e. The van der Waals surface area contributed by atoms with E-state index in [1.165, 1.54) is 32.1 Å². The molecular weight excluding hydrogens is 322 g/mol. The second kappa shape index (κ2) is 8.37. The number of hydrogen-bond donors (Lipinski definition) is 0. The van der Waals surface area contributed by atoms with Crippen molar-refractivity contribution in [2.45, 2.75) is 23.1 Å². The van der Waals surface area contributed by atoms with Gasteiger partial charge in [-0.1, -0.05) is 65.9 Å². The van der Waals surface area contributed by atoms with Gasteiger partial charge in [0.2, 0.25) is 0 Å². The van der Waals surface area contributed by atoms with Gasteiger partial charge in [0, 0.05) is 29.4 Å². The van der Waals surface area contributed by atoms with Crippen LogP contribution in [-0.4, -0.2) is 24.5 Å². The van der Waals surface area contributed by atoms with Crippen LogP contribution in [0.15, 0.2) is 83.6 Å². The van der Waals surface area contributed by atoms with E-state index in [-0.39, 0.29) is 0 Å². The molecule has 0 bridgehead atoms. The highest BCUT2D eigenvalue weighted by molar-refractivity contribution is 7.99. The Hall–Kier alpha value is -2.03. The van der Waals surface area contributed by atoms with Crippen molar-refractivity contribution >= 4 is 17.3 Å². The van der Waals surface area contributed by atoms with Gasteiger partial charge in [-0.15, -0.1) is 13.2 Å². The van der Waals surface area contributed by atoms with Gasteiger partial charge in [-0.05, 0) is 42.2 Å². The molecule has 0 aromatic heterocycles. The van der Waals surface area contributed by atoms with Crippen LogP contribution in [0.2, 0.25) is 0 Å². The van der Waals surface area contributed by atoms with E-state index >= 15 is 0 Å². The highest BCUT2D eigenvalue weighted by Gasteiger charge is 2.20. The summed E-state index contributed by atoms with van der Waals surface area (Å²) in [4.78, 5) is 5.06. The molecule has 0 amide bonds. The lowest BCUT2D eigenvalue weighted by molar-refractivity contribution is 0.342. The van der Waals surface area contributed by atoms with Crippen molar-refractivity contribution in [3.63, 3.8) is 0 Å². The van der Waals surface area contributed by atoms with E-state index in [1.807, 2.05) is 23.9 Å². The van der Waals surface area contributed by atoms with Gasteiger partial charge < -0.3 is 0 Å². The van der Waals surface area contributed by atoms with Crippen molar-refractivity contribution in [3.05, 3.63) is 90.5 Å². The fourth-order valence-corrected chi connectivity index (χ4v) is 4.31. The Morgan fingerprint density at radius 3 is 2.44 bits per heavy atom. The Morgan fingerprint density at radius 2 is 1.68 bits per heavy atom. The zero-order chi connectivity index (χ0) is 17.6. The highest BCUT2D eigenvalue weighted by Crippen LogP contribution is 2.45. The zero-order valence-electron chi connectivity index (χ0n) is 14.9. The molecule has 0 saturated heterocycles. The standard InChI is InChI=1S/C23H25NS/c1-4-14-24(15-5-2)16-8-10-19-20-9-6-7-11-22(20)25-23-13-12-18(3)17-21(19)23/h4-7,9-13,17H,1-2,8,14-16H2,3H3. The van der Waals surface area contributed by atoms with E-state index in [4.69, 9.17) is 0 Å². The van der Waals surface area contributed by atoms with Crippen molar-refractivity contribution < 1.29 is 0 Å². The topological polar surface area (TPSA) is 3.24 Å². The van der Waals surface area contributed by atoms with Crippen molar-refractivity contribution in [1.82, 2.24) is 4.90 Å². The van der Waals surface area contributed by atoms with Crippen LogP contribution in [0.1, 0.15) is 23.1 Å². The summed E-state index contributed by atoms with van der Waals surface area (Å²) in [5.41, 5.74) is 5.39. The quantitative estimate of drug-likeness (QED) is 0.485. The van der Waals surface area contributed by atoms with Gasteiger partial charge >= 0.3 is 0 Å². The maximum atomic E-state index is 3.86. The molecule has 2 heteroatoms. The third kappa shape index (κ3) is 4.15. The van der Waals surface area contributed by atoms with E-state index in [2.05, 4.69) is 73.5 Å². The lowest BCUT2D eigenvalue weighted by Gasteiger charge is -2.23. The van der Waals surface area contributed by atoms with Gasteiger partial charge in [-0.2, -0.15) is 0 Å². The summed E-state index contributed by atoms with van der Waals surface area (Å²) in [5.74, 6) is 0.